The summed E-state index contributed by atoms with van der Waals surface area (Å²) >= 11 is 5.83. The van der Waals surface area contributed by atoms with Gasteiger partial charge < -0.3 is 4.74 Å². The maximum atomic E-state index is 12.7. The van der Waals surface area contributed by atoms with Crippen LogP contribution in [0.5, 0.6) is 11.6 Å². The van der Waals surface area contributed by atoms with Crippen LogP contribution < -0.4 is 9.46 Å². The lowest BCUT2D eigenvalue weighted by Crippen LogP contribution is -2.06. The van der Waals surface area contributed by atoms with E-state index < -0.39 is 22.7 Å². The Kier molecular flexibility index (Phi) is 5.31. The van der Waals surface area contributed by atoms with E-state index in [2.05, 4.69) is 24.6 Å². The number of rotatable bonds is 5. The van der Waals surface area contributed by atoms with Gasteiger partial charge in [-0.25, -0.2) is 13.8 Å². The van der Waals surface area contributed by atoms with Gasteiger partial charge in [0.2, 0.25) is 5.88 Å². The number of pyridine rings is 1. The molecule has 0 amide bonds. The molecule has 4 aromatic rings. The van der Waals surface area contributed by atoms with Crippen LogP contribution in [0.4, 0.5) is 18.9 Å². The lowest BCUT2D eigenvalue weighted by atomic mass is 10.3. The molecule has 2 heterocycles. The van der Waals surface area contributed by atoms with Crippen molar-refractivity contribution in [2.45, 2.75) is 11.1 Å². The average Bonchev–Trinajstić information content (AvgIpc) is 3.19. The van der Waals surface area contributed by atoms with Crippen molar-refractivity contribution < 1.29 is 26.7 Å². The molecule has 7 nitrogen and oxygen atoms in total. The number of anilines is 1. The molecule has 0 aliphatic carbocycles. The highest BCUT2D eigenvalue weighted by molar-refractivity contribution is 7.86. The van der Waals surface area contributed by atoms with E-state index in [0.717, 1.165) is 6.07 Å². The fourth-order valence-electron chi connectivity index (χ4n) is 2.45. The van der Waals surface area contributed by atoms with Gasteiger partial charge in [-0.2, -0.15) is 13.2 Å². The summed E-state index contributed by atoms with van der Waals surface area (Å²) in [7, 11) is -1.63. The molecule has 0 saturated carbocycles. The highest BCUT2D eigenvalue weighted by Crippen LogP contribution is 2.34. The topological polar surface area (TPSA) is 90.1 Å². The van der Waals surface area contributed by atoms with E-state index in [1.807, 2.05) is 0 Å². The first-order chi connectivity index (χ1) is 14.3. The minimum absolute atomic E-state index is 0.179. The molecule has 0 radical (unpaired) electrons. The molecule has 0 bridgehead atoms. The summed E-state index contributed by atoms with van der Waals surface area (Å²) in [6.07, 6.45) is -3.92. The predicted octanol–water partition coefficient (Wildman–Crippen LogP) is 5.22. The molecule has 0 fully saturated rings. The number of alkyl halides is 3. The Morgan fingerprint density at radius 3 is 2.57 bits per heavy atom. The van der Waals surface area contributed by atoms with Crippen molar-refractivity contribution >= 4 is 39.3 Å². The normalized spacial score (nSPS) is 12.7. The highest BCUT2D eigenvalue weighted by atomic mass is 35.5. The van der Waals surface area contributed by atoms with Gasteiger partial charge in [-0.1, -0.05) is 17.7 Å². The quantitative estimate of drug-likeness (QED) is 0.445. The second-order valence-electron chi connectivity index (χ2n) is 5.89. The fourth-order valence-corrected chi connectivity index (χ4v) is 3.52. The van der Waals surface area contributed by atoms with Gasteiger partial charge in [0.15, 0.2) is 5.52 Å². The highest BCUT2D eigenvalue weighted by Gasteiger charge is 2.31. The summed E-state index contributed by atoms with van der Waals surface area (Å²) in [6, 6.07) is 11.9. The number of nitrogens with one attached hydrogen (secondary N) is 1. The number of aromatic nitrogens is 3. The second kappa shape index (κ2) is 7.92. The molecule has 1 unspecified atom stereocenters. The van der Waals surface area contributed by atoms with E-state index in [-0.39, 0.29) is 16.7 Å². The van der Waals surface area contributed by atoms with Gasteiger partial charge in [-0.05, 0) is 52.8 Å². The van der Waals surface area contributed by atoms with Crippen molar-refractivity contribution in [2.75, 3.05) is 4.72 Å². The van der Waals surface area contributed by atoms with E-state index in [1.165, 1.54) is 24.3 Å². The number of fused-ring (bicyclic) bond motifs is 1. The second-order valence-corrected chi connectivity index (χ2v) is 7.51. The van der Waals surface area contributed by atoms with Gasteiger partial charge >= 0.3 is 6.18 Å². The number of ether oxygens (including phenoxy) is 1. The summed E-state index contributed by atoms with van der Waals surface area (Å²) in [5.74, 6) is 0.0783. The number of halogens is 4. The van der Waals surface area contributed by atoms with Crippen molar-refractivity contribution in [1.29, 1.82) is 0 Å². The molecule has 0 aliphatic heterocycles. The summed E-state index contributed by atoms with van der Waals surface area (Å²) in [5.41, 5.74) is 0.456. The molecule has 0 aliphatic rings. The van der Waals surface area contributed by atoms with Crippen LogP contribution in [0.2, 0.25) is 5.02 Å². The zero-order valence-electron chi connectivity index (χ0n) is 14.7. The summed E-state index contributed by atoms with van der Waals surface area (Å²) in [6.45, 7) is 0. The van der Waals surface area contributed by atoms with Crippen molar-refractivity contribution in [3.8, 4) is 11.6 Å². The maximum Gasteiger partial charge on any atom is 0.417 e. The predicted molar refractivity (Wildman–Crippen MR) is 103 cm³/mol. The molecular formula is C18H10ClF3N4O3S. The molecule has 154 valence electrons. The largest absolute Gasteiger partial charge is 0.438 e. The Labute approximate surface area is 174 Å². The van der Waals surface area contributed by atoms with Gasteiger partial charge in [-0.3, -0.25) is 4.72 Å². The standard InChI is InChI=1S/C18H10ClF3N4O3S/c19-13-8-10(18(20,21)22)9-23-17(13)28-11-4-6-12(7-5-11)30(27)26-15-3-1-2-14-16(15)25-29-24-14/h1-9,26H. The Bertz CT molecular complexity index is 1230. The molecule has 4 rings (SSSR count). The van der Waals surface area contributed by atoms with E-state index in [4.69, 9.17) is 16.3 Å². The minimum atomic E-state index is -4.56. The first-order valence-electron chi connectivity index (χ1n) is 8.21. The first kappa shape index (κ1) is 20.1. The van der Waals surface area contributed by atoms with Crippen LogP contribution in [0.15, 0.2) is 64.3 Å². The average molecular weight is 455 g/mol. The Balaban J connectivity index is 1.48. The molecule has 1 N–H and O–H groups in total. The molecule has 30 heavy (non-hydrogen) atoms. The van der Waals surface area contributed by atoms with Crippen LogP contribution in [0, 0.1) is 0 Å². The third-order valence-electron chi connectivity index (χ3n) is 3.88. The molecule has 2 aromatic heterocycles. The van der Waals surface area contributed by atoms with E-state index in [0.29, 0.717) is 27.8 Å². The van der Waals surface area contributed by atoms with Gasteiger partial charge in [0.1, 0.15) is 27.3 Å². The zero-order chi connectivity index (χ0) is 21.3. The van der Waals surface area contributed by atoms with Crippen LogP contribution in [0.1, 0.15) is 5.56 Å². The minimum Gasteiger partial charge on any atom is -0.438 e. The summed E-state index contributed by atoms with van der Waals surface area (Å²) in [4.78, 5) is 4.03. The smallest absolute Gasteiger partial charge is 0.417 e. The van der Waals surface area contributed by atoms with Crippen molar-refractivity contribution in [3.63, 3.8) is 0 Å². The van der Waals surface area contributed by atoms with Crippen LogP contribution in [0.3, 0.4) is 0 Å². The number of nitrogens with zero attached hydrogens (tertiary/aromatic N) is 3. The molecule has 2 aromatic carbocycles. The first-order valence-corrected chi connectivity index (χ1v) is 9.74. The summed E-state index contributed by atoms with van der Waals surface area (Å²) in [5, 5.41) is 7.20. The van der Waals surface area contributed by atoms with Crippen LogP contribution in [0.25, 0.3) is 11.0 Å². The van der Waals surface area contributed by atoms with E-state index >= 15 is 0 Å². The number of hydrogen-bond donors (Lipinski definition) is 1. The van der Waals surface area contributed by atoms with Crippen molar-refractivity contribution in [3.05, 3.63) is 65.3 Å². The molecule has 0 spiro atoms. The Morgan fingerprint density at radius 2 is 1.87 bits per heavy atom. The molecule has 1 atom stereocenters. The third-order valence-corrected chi connectivity index (χ3v) is 5.25. The number of benzene rings is 2. The van der Waals surface area contributed by atoms with Crippen LogP contribution in [-0.4, -0.2) is 19.5 Å². The Hall–Kier alpha value is -3.18. The summed E-state index contributed by atoms with van der Waals surface area (Å²) < 4.78 is 63.5. The third kappa shape index (κ3) is 4.21. The fraction of sp³-hybridized carbons (Fsp3) is 0.0556. The van der Waals surface area contributed by atoms with Gasteiger partial charge in [0.05, 0.1) is 16.1 Å². The monoisotopic (exact) mass is 454 g/mol. The molecular weight excluding hydrogens is 445 g/mol. The lowest BCUT2D eigenvalue weighted by Gasteiger charge is -2.10. The SMILES string of the molecule is O=S(Nc1cccc2nonc12)c1ccc(Oc2ncc(C(F)(F)F)cc2Cl)cc1. The van der Waals surface area contributed by atoms with Crippen LogP contribution >= 0.6 is 11.6 Å². The van der Waals surface area contributed by atoms with Crippen molar-refractivity contribution in [1.82, 2.24) is 15.3 Å². The van der Waals surface area contributed by atoms with E-state index in [1.54, 1.807) is 18.2 Å². The van der Waals surface area contributed by atoms with Crippen LogP contribution in [-0.2, 0) is 17.2 Å². The molecule has 12 heteroatoms. The maximum absolute atomic E-state index is 12.7. The number of hydrogen-bond acceptors (Lipinski definition) is 6. The van der Waals surface area contributed by atoms with Gasteiger partial charge in [0.25, 0.3) is 0 Å². The zero-order valence-corrected chi connectivity index (χ0v) is 16.3. The molecule has 0 saturated heterocycles. The van der Waals surface area contributed by atoms with E-state index in [9.17, 15) is 17.4 Å². The van der Waals surface area contributed by atoms with Crippen molar-refractivity contribution in [2.24, 2.45) is 0 Å². The Morgan fingerprint density at radius 1 is 1.10 bits per heavy atom. The van der Waals surface area contributed by atoms with Gasteiger partial charge in [-0.15, -0.1) is 0 Å². The lowest BCUT2D eigenvalue weighted by molar-refractivity contribution is -0.137. The van der Waals surface area contributed by atoms with Gasteiger partial charge in [0, 0.05) is 6.20 Å².